The minimum atomic E-state index is -0.114. The second kappa shape index (κ2) is 8.97. The molecule has 4 rings (SSSR count). The van der Waals surface area contributed by atoms with Gasteiger partial charge in [-0.25, -0.2) is 4.98 Å². The molecule has 1 aromatic heterocycles. The van der Waals surface area contributed by atoms with E-state index in [2.05, 4.69) is 15.2 Å². The van der Waals surface area contributed by atoms with Gasteiger partial charge in [0.25, 0.3) is 5.91 Å². The van der Waals surface area contributed by atoms with Gasteiger partial charge in [-0.2, -0.15) is 11.8 Å². The smallest absolute Gasteiger partial charge is 0.256 e. The molecule has 1 saturated carbocycles. The van der Waals surface area contributed by atoms with Gasteiger partial charge < -0.3 is 10.1 Å². The van der Waals surface area contributed by atoms with E-state index in [4.69, 9.17) is 4.74 Å². The fourth-order valence-corrected chi connectivity index (χ4v) is 5.16. The highest BCUT2D eigenvalue weighted by Crippen LogP contribution is 2.36. The highest BCUT2D eigenvalue weighted by Gasteiger charge is 2.40. The topological polar surface area (TPSA) is 54.5 Å². The van der Waals surface area contributed by atoms with Gasteiger partial charge in [-0.3, -0.25) is 9.69 Å². The Morgan fingerprint density at radius 1 is 1.11 bits per heavy atom. The van der Waals surface area contributed by atoms with Crippen molar-refractivity contribution in [3.05, 3.63) is 54.2 Å². The number of pyridine rings is 1. The average molecular weight is 398 g/mol. The molecule has 0 bridgehead atoms. The van der Waals surface area contributed by atoms with Gasteiger partial charge in [-0.15, -0.1) is 0 Å². The number of nitrogens with zero attached hydrogens (tertiary/aromatic N) is 2. The zero-order chi connectivity index (χ0) is 19.2. The Morgan fingerprint density at radius 2 is 1.86 bits per heavy atom. The van der Waals surface area contributed by atoms with Crippen LogP contribution in [0.15, 0.2) is 48.7 Å². The largest absolute Gasteiger partial charge is 0.438 e. The predicted molar refractivity (Wildman–Crippen MR) is 113 cm³/mol. The summed E-state index contributed by atoms with van der Waals surface area (Å²) in [6.07, 6.45) is 6.47. The van der Waals surface area contributed by atoms with E-state index in [1.54, 1.807) is 18.3 Å². The Labute approximate surface area is 170 Å². The number of carbonyl (C=O) groups is 1. The molecule has 2 aliphatic rings. The van der Waals surface area contributed by atoms with Crippen LogP contribution in [0, 0.1) is 0 Å². The number of para-hydroxylation sites is 1. The van der Waals surface area contributed by atoms with Crippen LogP contribution in [0.5, 0.6) is 11.6 Å². The molecule has 1 amide bonds. The van der Waals surface area contributed by atoms with E-state index in [1.165, 1.54) is 37.2 Å². The third-order valence-electron chi connectivity index (χ3n) is 5.77. The van der Waals surface area contributed by atoms with Crippen LogP contribution in [0.1, 0.15) is 36.0 Å². The van der Waals surface area contributed by atoms with Crippen LogP contribution in [-0.4, -0.2) is 52.5 Å². The normalized spacial score (nSPS) is 19.3. The number of thioether (sulfide) groups is 1. The van der Waals surface area contributed by atoms with Crippen molar-refractivity contribution in [2.75, 3.05) is 31.1 Å². The van der Waals surface area contributed by atoms with E-state index in [9.17, 15) is 4.79 Å². The summed E-state index contributed by atoms with van der Waals surface area (Å²) in [6.45, 7) is 2.93. The van der Waals surface area contributed by atoms with Crippen molar-refractivity contribution in [2.45, 2.75) is 31.2 Å². The number of benzene rings is 1. The summed E-state index contributed by atoms with van der Waals surface area (Å²) in [5.74, 6) is 3.28. The Balaban J connectivity index is 1.46. The first-order chi connectivity index (χ1) is 13.8. The fraction of sp³-hybridized carbons (Fsp3) is 0.455. The minimum absolute atomic E-state index is 0.110. The molecule has 0 atom stereocenters. The minimum Gasteiger partial charge on any atom is -0.438 e. The van der Waals surface area contributed by atoms with Crippen molar-refractivity contribution in [2.24, 2.45) is 0 Å². The number of ether oxygens (including phenoxy) is 1. The zero-order valence-corrected chi connectivity index (χ0v) is 16.9. The summed E-state index contributed by atoms with van der Waals surface area (Å²) >= 11 is 2.03. The van der Waals surface area contributed by atoms with E-state index in [0.717, 1.165) is 13.1 Å². The number of aromatic nitrogens is 1. The number of hydrogen-bond acceptors (Lipinski definition) is 5. The third kappa shape index (κ3) is 4.33. The van der Waals surface area contributed by atoms with Crippen molar-refractivity contribution >= 4 is 17.7 Å². The molecular formula is C22H27N3O2S. The summed E-state index contributed by atoms with van der Waals surface area (Å²) in [5.41, 5.74) is 0.591. The molecule has 0 spiro atoms. The average Bonchev–Trinajstić information content (AvgIpc) is 3.24. The molecular weight excluding hydrogens is 370 g/mol. The van der Waals surface area contributed by atoms with Crippen LogP contribution in [0.2, 0.25) is 0 Å². The van der Waals surface area contributed by atoms with Crippen LogP contribution < -0.4 is 10.1 Å². The summed E-state index contributed by atoms with van der Waals surface area (Å²) in [4.78, 5) is 19.9. The Morgan fingerprint density at radius 3 is 2.61 bits per heavy atom. The maximum absolute atomic E-state index is 13.0. The maximum Gasteiger partial charge on any atom is 0.256 e. The highest BCUT2D eigenvalue weighted by molar-refractivity contribution is 7.99. The van der Waals surface area contributed by atoms with Crippen LogP contribution >= 0.6 is 11.8 Å². The maximum atomic E-state index is 13.0. The lowest BCUT2D eigenvalue weighted by molar-refractivity contribution is 0.0815. The van der Waals surface area contributed by atoms with Crippen molar-refractivity contribution in [1.29, 1.82) is 0 Å². The van der Waals surface area contributed by atoms with Crippen LogP contribution in [0.3, 0.4) is 0 Å². The lowest BCUT2D eigenvalue weighted by Gasteiger charge is -2.43. The molecule has 2 heterocycles. The molecule has 0 unspecified atom stereocenters. The zero-order valence-electron chi connectivity index (χ0n) is 16.1. The number of carbonyl (C=O) groups excluding carboxylic acids is 1. The number of nitrogens with one attached hydrogen (secondary N) is 1. The van der Waals surface area contributed by atoms with Crippen LogP contribution in [0.25, 0.3) is 0 Å². The molecule has 28 heavy (non-hydrogen) atoms. The van der Waals surface area contributed by atoms with E-state index < -0.39 is 0 Å². The molecule has 1 N–H and O–H groups in total. The van der Waals surface area contributed by atoms with Crippen LogP contribution in [0.4, 0.5) is 0 Å². The number of hydrogen-bond donors (Lipinski definition) is 1. The summed E-state index contributed by atoms with van der Waals surface area (Å²) < 4.78 is 5.86. The molecule has 1 aliphatic heterocycles. The molecule has 0 radical (unpaired) electrons. The Bertz CT molecular complexity index is 787. The Kier molecular flexibility index (Phi) is 6.17. The molecule has 6 heteroatoms. The third-order valence-corrected chi connectivity index (χ3v) is 6.71. The van der Waals surface area contributed by atoms with Gasteiger partial charge in [0.15, 0.2) is 0 Å². The predicted octanol–water partition coefficient (Wildman–Crippen LogP) is 3.97. The van der Waals surface area contributed by atoms with Crippen molar-refractivity contribution in [3.63, 3.8) is 0 Å². The summed E-state index contributed by atoms with van der Waals surface area (Å²) in [7, 11) is 0. The van der Waals surface area contributed by atoms with Gasteiger partial charge in [0.1, 0.15) is 11.3 Å². The van der Waals surface area contributed by atoms with Gasteiger partial charge in [-0.1, -0.05) is 31.0 Å². The van der Waals surface area contributed by atoms with Gasteiger partial charge >= 0.3 is 0 Å². The monoisotopic (exact) mass is 397 g/mol. The van der Waals surface area contributed by atoms with E-state index in [0.29, 0.717) is 23.7 Å². The summed E-state index contributed by atoms with van der Waals surface area (Å²) in [6, 6.07) is 13.0. The van der Waals surface area contributed by atoms with Crippen LogP contribution in [-0.2, 0) is 0 Å². The van der Waals surface area contributed by atoms with Gasteiger partial charge in [0.2, 0.25) is 5.88 Å². The lowest BCUT2D eigenvalue weighted by atomic mass is 9.94. The molecule has 2 aromatic rings. The Hall–Kier alpha value is -2.05. The highest BCUT2D eigenvalue weighted by atomic mass is 32.2. The van der Waals surface area contributed by atoms with Crippen molar-refractivity contribution in [1.82, 2.24) is 15.2 Å². The standard InChI is InChI=1S/C22H27N3O2S/c26-20(19-9-6-12-23-21(19)27-18-7-2-1-3-8-18)24-17-22(10-4-5-11-22)25-13-15-28-16-14-25/h1-3,6-9,12H,4-5,10-11,13-17H2,(H,24,26). The molecule has 1 saturated heterocycles. The van der Waals surface area contributed by atoms with E-state index >= 15 is 0 Å². The van der Waals surface area contributed by atoms with Gasteiger partial charge in [0.05, 0.1) is 0 Å². The first-order valence-corrected chi connectivity index (χ1v) is 11.2. The van der Waals surface area contributed by atoms with E-state index in [-0.39, 0.29) is 11.4 Å². The first-order valence-electron chi connectivity index (χ1n) is 10.1. The lowest BCUT2D eigenvalue weighted by Crippen LogP contribution is -2.56. The molecule has 2 fully saturated rings. The van der Waals surface area contributed by atoms with E-state index in [1.807, 2.05) is 42.1 Å². The molecule has 5 nitrogen and oxygen atoms in total. The van der Waals surface area contributed by atoms with Gasteiger partial charge in [0, 0.05) is 42.9 Å². The fourth-order valence-electron chi connectivity index (χ4n) is 4.26. The molecule has 1 aromatic carbocycles. The molecule has 148 valence electrons. The summed E-state index contributed by atoms with van der Waals surface area (Å²) in [5, 5.41) is 3.20. The second-order valence-electron chi connectivity index (χ2n) is 7.48. The number of rotatable bonds is 6. The number of amides is 1. The van der Waals surface area contributed by atoms with Crippen molar-refractivity contribution in [3.8, 4) is 11.6 Å². The van der Waals surface area contributed by atoms with Gasteiger partial charge in [-0.05, 0) is 37.1 Å². The molecule has 1 aliphatic carbocycles. The quantitative estimate of drug-likeness (QED) is 0.799. The second-order valence-corrected chi connectivity index (χ2v) is 8.71. The first kappa shape index (κ1) is 19.3. The van der Waals surface area contributed by atoms with Crippen molar-refractivity contribution < 1.29 is 9.53 Å². The SMILES string of the molecule is O=C(NCC1(N2CCSCC2)CCCC1)c1cccnc1Oc1ccccc1.